The summed E-state index contributed by atoms with van der Waals surface area (Å²) in [6, 6.07) is 3.00. The van der Waals surface area contributed by atoms with E-state index in [1.165, 1.54) is 6.07 Å². The number of nitrogens with two attached hydrogens (primary N) is 2. The molecule has 5 N–H and O–H groups in total. The molecule has 0 fully saturated rings. The molecule has 0 spiro atoms. The van der Waals surface area contributed by atoms with Crippen LogP contribution in [0.25, 0.3) is 0 Å². The van der Waals surface area contributed by atoms with Gasteiger partial charge < -0.3 is 15.7 Å². The van der Waals surface area contributed by atoms with Crippen molar-refractivity contribution in [2.24, 2.45) is 5.14 Å². The van der Waals surface area contributed by atoms with E-state index in [-0.39, 0.29) is 4.90 Å². The fourth-order valence-electron chi connectivity index (χ4n) is 2.05. The Balaban J connectivity index is 3.34. The van der Waals surface area contributed by atoms with Gasteiger partial charge in [-0.25, -0.2) is 13.6 Å². The Labute approximate surface area is 114 Å². The number of rotatable bonds is 4. The molecule has 0 unspecified atom stereocenters. The number of nitrogen functional groups attached to an aromatic ring is 1. The molecular formula is C12H21N3O3S. The number of nitrogens with zero attached hydrogens (tertiary/aromatic N) is 1. The lowest BCUT2D eigenvalue weighted by Crippen LogP contribution is -2.36. The fourth-order valence-corrected chi connectivity index (χ4v) is 2.88. The molecule has 0 amide bonds. The van der Waals surface area contributed by atoms with Gasteiger partial charge in [-0.05, 0) is 38.5 Å². The molecule has 1 aromatic rings. The van der Waals surface area contributed by atoms with Gasteiger partial charge in [0.25, 0.3) is 0 Å². The number of hydrogen-bond donors (Lipinski definition) is 3. The van der Waals surface area contributed by atoms with Gasteiger partial charge in [-0.3, -0.25) is 0 Å². The smallest absolute Gasteiger partial charge is 0.238 e. The minimum Gasteiger partial charge on any atom is -0.399 e. The highest BCUT2D eigenvalue weighted by Gasteiger charge is 2.21. The highest BCUT2D eigenvalue weighted by Crippen LogP contribution is 2.29. The molecule has 0 radical (unpaired) electrons. The van der Waals surface area contributed by atoms with Crippen molar-refractivity contribution in [1.82, 2.24) is 0 Å². The lowest BCUT2D eigenvalue weighted by molar-refractivity contribution is 0.0886. The molecule has 0 aliphatic rings. The van der Waals surface area contributed by atoms with Crippen LogP contribution in [0.1, 0.15) is 19.4 Å². The van der Waals surface area contributed by atoms with E-state index in [0.717, 1.165) is 0 Å². The van der Waals surface area contributed by atoms with Crippen molar-refractivity contribution in [2.45, 2.75) is 31.3 Å². The number of hydrogen-bond acceptors (Lipinski definition) is 5. The van der Waals surface area contributed by atoms with Gasteiger partial charge in [0.2, 0.25) is 10.0 Å². The Morgan fingerprint density at radius 2 is 1.89 bits per heavy atom. The van der Waals surface area contributed by atoms with Crippen LogP contribution < -0.4 is 15.8 Å². The molecule has 19 heavy (non-hydrogen) atoms. The van der Waals surface area contributed by atoms with E-state index >= 15 is 0 Å². The van der Waals surface area contributed by atoms with E-state index in [1.54, 1.807) is 38.8 Å². The molecule has 0 aromatic heterocycles. The number of aliphatic hydroxyl groups is 1. The maximum Gasteiger partial charge on any atom is 0.238 e. The first-order valence-electron chi connectivity index (χ1n) is 5.78. The molecular weight excluding hydrogens is 266 g/mol. The Kier molecular flexibility index (Phi) is 4.14. The number of primary sulfonamides is 1. The normalized spacial score (nSPS) is 12.5. The van der Waals surface area contributed by atoms with E-state index in [2.05, 4.69) is 0 Å². The van der Waals surface area contributed by atoms with Crippen molar-refractivity contribution in [1.29, 1.82) is 0 Å². The minimum absolute atomic E-state index is 0.00472. The summed E-state index contributed by atoms with van der Waals surface area (Å²) in [6.07, 6.45) is 0. The lowest BCUT2D eigenvalue weighted by atomic mass is 10.1. The van der Waals surface area contributed by atoms with E-state index in [4.69, 9.17) is 10.9 Å². The highest BCUT2D eigenvalue weighted by atomic mass is 32.2. The second-order valence-corrected chi connectivity index (χ2v) is 6.91. The quantitative estimate of drug-likeness (QED) is 0.696. The summed E-state index contributed by atoms with van der Waals surface area (Å²) >= 11 is 0. The first kappa shape index (κ1) is 15.7. The molecule has 0 saturated heterocycles. The van der Waals surface area contributed by atoms with Crippen molar-refractivity contribution in [3.63, 3.8) is 0 Å². The van der Waals surface area contributed by atoms with Gasteiger partial charge in [0.15, 0.2) is 0 Å². The van der Waals surface area contributed by atoms with E-state index in [0.29, 0.717) is 23.5 Å². The maximum absolute atomic E-state index is 11.5. The average molecular weight is 287 g/mol. The van der Waals surface area contributed by atoms with Gasteiger partial charge in [-0.2, -0.15) is 0 Å². The van der Waals surface area contributed by atoms with Gasteiger partial charge in [-0.15, -0.1) is 0 Å². The summed E-state index contributed by atoms with van der Waals surface area (Å²) in [5.74, 6) is 0. The maximum atomic E-state index is 11.5. The summed E-state index contributed by atoms with van der Waals surface area (Å²) < 4.78 is 23.0. The number of sulfonamides is 1. The van der Waals surface area contributed by atoms with Crippen LogP contribution in [0.4, 0.5) is 11.4 Å². The summed E-state index contributed by atoms with van der Waals surface area (Å²) in [5, 5.41) is 15.0. The monoisotopic (exact) mass is 287 g/mol. The first-order chi connectivity index (χ1) is 8.42. The summed E-state index contributed by atoms with van der Waals surface area (Å²) in [7, 11) is -2.07. The topological polar surface area (TPSA) is 110 Å². The van der Waals surface area contributed by atoms with Gasteiger partial charge >= 0.3 is 0 Å². The third-order valence-electron chi connectivity index (χ3n) is 2.70. The Morgan fingerprint density at radius 1 is 1.37 bits per heavy atom. The average Bonchev–Trinajstić information content (AvgIpc) is 2.16. The van der Waals surface area contributed by atoms with Gasteiger partial charge in [0.05, 0.1) is 10.5 Å². The van der Waals surface area contributed by atoms with Crippen molar-refractivity contribution in [2.75, 3.05) is 24.2 Å². The van der Waals surface area contributed by atoms with Crippen LogP contribution in [0, 0.1) is 6.92 Å². The molecule has 0 bridgehead atoms. The molecule has 108 valence electrons. The molecule has 0 aliphatic carbocycles. The van der Waals surface area contributed by atoms with Crippen molar-refractivity contribution in [3.8, 4) is 0 Å². The van der Waals surface area contributed by atoms with Crippen molar-refractivity contribution >= 4 is 21.4 Å². The van der Waals surface area contributed by atoms with Crippen LogP contribution in [0.3, 0.4) is 0 Å². The summed E-state index contributed by atoms with van der Waals surface area (Å²) in [4.78, 5) is 1.76. The lowest BCUT2D eigenvalue weighted by Gasteiger charge is -2.29. The second-order valence-electron chi connectivity index (χ2n) is 5.38. The predicted octanol–water partition coefficient (Wildman–Crippen LogP) is 0.432. The predicted molar refractivity (Wildman–Crippen MR) is 76.5 cm³/mol. The van der Waals surface area contributed by atoms with Crippen molar-refractivity contribution < 1.29 is 13.5 Å². The van der Waals surface area contributed by atoms with Gasteiger partial charge in [0.1, 0.15) is 0 Å². The number of benzene rings is 1. The molecule has 7 heteroatoms. The second kappa shape index (κ2) is 4.99. The van der Waals surface area contributed by atoms with Crippen molar-refractivity contribution in [3.05, 3.63) is 17.7 Å². The Morgan fingerprint density at radius 3 is 2.32 bits per heavy atom. The zero-order valence-electron chi connectivity index (χ0n) is 11.6. The van der Waals surface area contributed by atoms with Crippen LogP contribution in [0.2, 0.25) is 0 Å². The minimum atomic E-state index is -3.82. The first-order valence-corrected chi connectivity index (χ1v) is 7.33. The standard InChI is InChI=1S/C12H21N3O3S/c1-8-10(15(4)7-12(2,3)16)5-9(13)6-11(8)19(14,17)18/h5-6,16H,7,13H2,1-4H3,(H2,14,17,18). The molecule has 1 rings (SSSR count). The molecule has 1 aromatic carbocycles. The highest BCUT2D eigenvalue weighted by molar-refractivity contribution is 7.89. The van der Waals surface area contributed by atoms with E-state index < -0.39 is 15.6 Å². The molecule has 0 aliphatic heterocycles. The Hall–Kier alpha value is -1.31. The molecule has 0 atom stereocenters. The Bertz CT molecular complexity index is 577. The SMILES string of the molecule is Cc1c(N(C)CC(C)(C)O)cc(N)cc1S(N)(=O)=O. The van der Waals surface area contributed by atoms with E-state index in [9.17, 15) is 13.5 Å². The van der Waals surface area contributed by atoms with Gasteiger partial charge in [0, 0.05) is 25.0 Å². The summed E-state index contributed by atoms with van der Waals surface area (Å²) in [5.41, 5.74) is 6.27. The van der Waals surface area contributed by atoms with Crippen LogP contribution in [-0.2, 0) is 10.0 Å². The largest absolute Gasteiger partial charge is 0.399 e. The third kappa shape index (κ3) is 4.09. The van der Waals surface area contributed by atoms with Crippen LogP contribution in [0.5, 0.6) is 0 Å². The molecule has 0 saturated carbocycles. The fraction of sp³-hybridized carbons (Fsp3) is 0.500. The van der Waals surface area contributed by atoms with Crippen LogP contribution in [0.15, 0.2) is 17.0 Å². The van der Waals surface area contributed by atoms with Gasteiger partial charge in [-0.1, -0.05) is 0 Å². The van der Waals surface area contributed by atoms with E-state index in [1.807, 2.05) is 0 Å². The third-order valence-corrected chi connectivity index (χ3v) is 3.73. The van der Waals surface area contributed by atoms with Crippen LogP contribution in [-0.4, -0.2) is 32.7 Å². The number of anilines is 2. The number of likely N-dealkylation sites (N-methyl/N-ethyl adjacent to an activating group) is 1. The van der Waals surface area contributed by atoms with Crippen LogP contribution >= 0.6 is 0 Å². The molecule has 0 heterocycles. The zero-order chi connectivity index (χ0) is 15.0. The molecule has 6 nitrogen and oxygen atoms in total. The zero-order valence-corrected chi connectivity index (χ0v) is 12.5. The summed E-state index contributed by atoms with van der Waals surface area (Å²) in [6.45, 7) is 5.34.